The van der Waals surface area contributed by atoms with Crippen LogP contribution in [0.1, 0.15) is 5.56 Å². The summed E-state index contributed by atoms with van der Waals surface area (Å²) >= 11 is 0. The third-order valence-electron chi connectivity index (χ3n) is 2.41. The standard InChI is InChI=1S/C10H8N4O/c15-6-7-1-2-8-3-4-10-11-12-13-14(10)9(8)5-7/h1-5,15H,6H2. The number of nitrogens with zero attached hydrogens (tertiary/aromatic N) is 4. The molecule has 0 unspecified atom stereocenters. The van der Waals surface area contributed by atoms with Crippen LogP contribution in [0.25, 0.3) is 16.6 Å². The maximum absolute atomic E-state index is 9.06. The van der Waals surface area contributed by atoms with Crippen LogP contribution in [-0.2, 0) is 6.61 Å². The van der Waals surface area contributed by atoms with Crippen LogP contribution in [-0.4, -0.2) is 25.1 Å². The Bertz CT molecular complexity index is 631. The Labute approximate surface area is 85.0 Å². The maximum atomic E-state index is 9.06. The van der Waals surface area contributed by atoms with Gasteiger partial charge in [0.15, 0.2) is 5.65 Å². The second-order valence-corrected chi connectivity index (χ2v) is 3.33. The Morgan fingerprint density at radius 2 is 2.07 bits per heavy atom. The lowest BCUT2D eigenvalue weighted by Gasteiger charge is -2.01. The van der Waals surface area contributed by atoms with E-state index in [1.165, 1.54) is 0 Å². The summed E-state index contributed by atoms with van der Waals surface area (Å²) in [7, 11) is 0. The number of aliphatic hydroxyl groups is 1. The van der Waals surface area contributed by atoms with Gasteiger partial charge in [0.05, 0.1) is 12.1 Å². The molecule has 0 bridgehead atoms. The van der Waals surface area contributed by atoms with Gasteiger partial charge in [0.1, 0.15) is 0 Å². The van der Waals surface area contributed by atoms with Gasteiger partial charge in [-0.25, -0.2) is 0 Å². The molecule has 0 saturated heterocycles. The largest absolute Gasteiger partial charge is 0.392 e. The first-order chi connectivity index (χ1) is 7.38. The quantitative estimate of drug-likeness (QED) is 0.630. The van der Waals surface area contributed by atoms with E-state index >= 15 is 0 Å². The summed E-state index contributed by atoms with van der Waals surface area (Å²) in [4.78, 5) is 0. The fourth-order valence-electron chi connectivity index (χ4n) is 1.65. The number of rotatable bonds is 1. The second kappa shape index (κ2) is 2.99. The first-order valence-corrected chi connectivity index (χ1v) is 4.59. The molecular formula is C10H8N4O. The van der Waals surface area contributed by atoms with Crippen molar-refractivity contribution in [2.45, 2.75) is 6.61 Å². The fraction of sp³-hybridized carbons (Fsp3) is 0.100. The van der Waals surface area contributed by atoms with Crippen molar-refractivity contribution in [2.24, 2.45) is 0 Å². The topological polar surface area (TPSA) is 63.3 Å². The molecular weight excluding hydrogens is 192 g/mol. The van der Waals surface area contributed by atoms with Crippen LogP contribution in [0.4, 0.5) is 0 Å². The van der Waals surface area contributed by atoms with Crippen molar-refractivity contribution >= 4 is 16.6 Å². The number of tetrazole rings is 1. The van der Waals surface area contributed by atoms with Crippen LogP contribution in [0.2, 0.25) is 0 Å². The minimum absolute atomic E-state index is 0.0223. The molecule has 0 spiro atoms. The van der Waals surface area contributed by atoms with Gasteiger partial charge in [-0.05, 0) is 34.2 Å². The van der Waals surface area contributed by atoms with Gasteiger partial charge in [-0.2, -0.15) is 4.52 Å². The van der Waals surface area contributed by atoms with Crippen molar-refractivity contribution in [2.75, 3.05) is 0 Å². The molecule has 3 aromatic rings. The van der Waals surface area contributed by atoms with Gasteiger partial charge in [0, 0.05) is 5.39 Å². The van der Waals surface area contributed by atoms with Gasteiger partial charge in [-0.15, -0.1) is 5.10 Å². The summed E-state index contributed by atoms with van der Waals surface area (Å²) in [6, 6.07) is 9.54. The zero-order valence-electron chi connectivity index (χ0n) is 7.83. The third kappa shape index (κ3) is 1.17. The lowest BCUT2D eigenvalue weighted by Crippen LogP contribution is -1.92. The summed E-state index contributed by atoms with van der Waals surface area (Å²) in [6.07, 6.45) is 0. The second-order valence-electron chi connectivity index (χ2n) is 3.33. The zero-order chi connectivity index (χ0) is 10.3. The van der Waals surface area contributed by atoms with Crippen molar-refractivity contribution < 1.29 is 5.11 Å². The third-order valence-corrected chi connectivity index (χ3v) is 2.41. The molecule has 5 nitrogen and oxygen atoms in total. The van der Waals surface area contributed by atoms with Crippen LogP contribution in [0.5, 0.6) is 0 Å². The number of hydrogen-bond acceptors (Lipinski definition) is 4. The normalized spacial score (nSPS) is 11.3. The summed E-state index contributed by atoms with van der Waals surface area (Å²) in [5.74, 6) is 0. The van der Waals surface area contributed by atoms with Crippen LogP contribution in [0, 0.1) is 0 Å². The predicted molar refractivity (Wildman–Crippen MR) is 54.2 cm³/mol. The SMILES string of the molecule is OCc1ccc2ccc3nnnn3c2c1. The highest BCUT2D eigenvalue weighted by Crippen LogP contribution is 2.16. The first kappa shape index (κ1) is 8.31. The molecule has 5 heteroatoms. The molecule has 1 N–H and O–H groups in total. The number of pyridine rings is 1. The van der Waals surface area contributed by atoms with E-state index < -0.39 is 0 Å². The molecule has 0 amide bonds. The van der Waals surface area contributed by atoms with Gasteiger partial charge >= 0.3 is 0 Å². The van der Waals surface area contributed by atoms with Gasteiger partial charge in [0.25, 0.3) is 0 Å². The Morgan fingerprint density at radius 1 is 1.20 bits per heavy atom. The maximum Gasteiger partial charge on any atom is 0.179 e. The molecule has 0 radical (unpaired) electrons. The van der Waals surface area contributed by atoms with E-state index in [2.05, 4.69) is 15.5 Å². The first-order valence-electron chi connectivity index (χ1n) is 4.59. The van der Waals surface area contributed by atoms with E-state index in [0.29, 0.717) is 5.65 Å². The van der Waals surface area contributed by atoms with Crippen molar-refractivity contribution in [3.05, 3.63) is 35.9 Å². The highest BCUT2D eigenvalue weighted by atomic mass is 16.3. The van der Waals surface area contributed by atoms with Gasteiger partial charge in [0.2, 0.25) is 0 Å². The van der Waals surface area contributed by atoms with Crippen molar-refractivity contribution in [1.82, 2.24) is 20.0 Å². The molecule has 0 aliphatic rings. The number of aliphatic hydroxyl groups excluding tert-OH is 1. The molecule has 74 valence electrons. The van der Waals surface area contributed by atoms with Crippen LogP contribution in [0.15, 0.2) is 30.3 Å². The van der Waals surface area contributed by atoms with Crippen molar-refractivity contribution in [3.8, 4) is 0 Å². The smallest absolute Gasteiger partial charge is 0.179 e. The minimum Gasteiger partial charge on any atom is -0.392 e. The van der Waals surface area contributed by atoms with E-state index in [1.807, 2.05) is 30.3 Å². The van der Waals surface area contributed by atoms with E-state index in [-0.39, 0.29) is 6.61 Å². The summed E-state index contributed by atoms with van der Waals surface area (Å²) in [5.41, 5.74) is 2.46. The average molecular weight is 200 g/mol. The average Bonchev–Trinajstić information content (AvgIpc) is 2.76. The summed E-state index contributed by atoms with van der Waals surface area (Å²) in [6.45, 7) is 0.0223. The van der Waals surface area contributed by atoms with E-state index in [9.17, 15) is 0 Å². The molecule has 2 heterocycles. The molecule has 15 heavy (non-hydrogen) atoms. The highest BCUT2D eigenvalue weighted by Gasteiger charge is 2.03. The Morgan fingerprint density at radius 3 is 2.93 bits per heavy atom. The number of hydrogen-bond donors (Lipinski definition) is 1. The monoisotopic (exact) mass is 200 g/mol. The van der Waals surface area contributed by atoms with Crippen LogP contribution < -0.4 is 0 Å². The number of aromatic nitrogens is 4. The molecule has 0 saturated carbocycles. The summed E-state index contributed by atoms with van der Waals surface area (Å²) in [5, 5.41) is 21.5. The lowest BCUT2D eigenvalue weighted by atomic mass is 10.1. The van der Waals surface area contributed by atoms with Gasteiger partial charge in [-0.1, -0.05) is 12.1 Å². The molecule has 0 aliphatic heterocycles. The number of fused-ring (bicyclic) bond motifs is 3. The Balaban J connectivity index is 2.48. The van der Waals surface area contributed by atoms with Crippen LogP contribution in [0.3, 0.4) is 0 Å². The molecule has 2 aromatic heterocycles. The predicted octanol–water partition coefficient (Wildman–Crippen LogP) is 0.770. The lowest BCUT2D eigenvalue weighted by molar-refractivity contribution is 0.282. The summed E-state index contributed by atoms with van der Waals surface area (Å²) < 4.78 is 1.66. The Kier molecular flexibility index (Phi) is 1.66. The van der Waals surface area contributed by atoms with E-state index in [1.54, 1.807) is 4.52 Å². The van der Waals surface area contributed by atoms with E-state index in [4.69, 9.17) is 5.11 Å². The molecule has 0 fully saturated rings. The van der Waals surface area contributed by atoms with Crippen LogP contribution >= 0.6 is 0 Å². The van der Waals surface area contributed by atoms with Gasteiger partial charge < -0.3 is 5.11 Å². The molecule has 1 aromatic carbocycles. The van der Waals surface area contributed by atoms with Crippen molar-refractivity contribution in [3.63, 3.8) is 0 Å². The molecule has 3 rings (SSSR count). The molecule has 0 atom stereocenters. The van der Waals surface area contributed by atoms with Gasteiger partial charge in [-0.3, -0.25) is 0 Å². The minimum atomic E-state index is 0.0223. The number of benzene rings is 1. The Hall–Kier alpha value is -2.01. The fourth-order valence-corrected chi connectivity index (χ4v) is 1.65. The van der Waals surface area contributed by atoms with Crippen molar-refractivity contribution in [1.29, 1.82) is 0 Å². The highest BCUT2D eigenvalue weighted by molar-refractivity contribution is 5.81. The molecule has 0 aliphatic carbocycles. The van der Waals surface area contributed by atoms with E-state index in [0.717, 1.165) is 16.5 Å². The zero-order valence-corrected chi connectivity index (χ0v) is 7.83.